The second-order valence-corrected chi connectivity index (χ2v) is 6.04. The van der Waals surface area contributed by atoms with Gasteiger partial charge in [0, 0.05) is 5.54 Å². The van der Waals surface area contributed by atoms with Gasteiger partial charge in [0.05, 0.1) is 6.61 Å². The number of likely N-dealkylation sites (N-methyl/N-ethyl adjacent to an activating group) is 1. The van der Waals surface area contributed by atoms with Gasteiger partial charge in [-0.2, -0.15) is 11.8 Å². The zero-order valence-corrected chi connectivity index (χ0v) is 12.2. The first-order valence-corrected chi connectivity index (χ1v) is 7.69. The summed E-state index contributed by atoms with van der Waals surface area (Å²) in [5, 5.41) is 12.9. The average Bonchev–Trinajstić information content (AvgIpc) is 2.27. The molecule has 0 heterocycles. The molecule has 0 fully saturated rings. The van der Waals surface area contributed by atoms with Gasteiger partial charge in [0.2, 0.25) is 0 Å². The maximum Gasteiger partial charge on any atom is 0.0613 e. The highest BCUT2D eigenvalue weighted by atomic mass is 32.2. The largest absolute Gasteiger partial charge is 0.394 e. The van der Waals surface area contributed by atoms with Crippen LogP contribution in [0.5, 0.6) is 0 Å². The standard InChI is InChI=1S/C13H29NOS/c1-5-13(11-15,14-6-2)8-7-9-16-10-12(3)4/h12,14-15H,5-11H2,1-4H3. The second-order valence-electron chi connectivity index (χ2n) is 4.89. The van der Waals surface area contributed by atoms with Crippen molar-refractivity contribution in [2.45, 2.75) is 52.5 Å². The number of aliphatic hydroxyl groups is 1. The van der Waals surface area contributed by atoms with Crippen LogP contribution in [0.1, 0.15) is 47.0 Å². The van der Waals surface area contributed by atoms with Crippen LogP contribution in [0.4, 0.5) is 0 Å². The lowest BCUT2D eigenvalue weighted by atomic mass is 9.91. The molecule has 2 N–H and O–H groups in total. The van der Waals surface area contributed by atoms with E-state index < -0.39 is 0 Å². The molecule has 98 valence electrons. The Kier molecular flexibility index (Phi) is 9.47. The monoisotopic (exact) mass is 247 g/mol. The molecule has 0 aromatic rings. The summed E-state index contributed by atoms with van der Waals surface area (Å²) >= 11 is 2.03. The van der Waals surface area contributed by atoms with E-state index in [0.717, 1.165) is 25.3 Å². The number of rotatable bonds is 10. The van der Waals surface area contributed by atoms with E-state index in [9.17, 15) is 5.11 Å². The topological polar surface area (TPSA) is 32.3 Å². The van der Waals surface area contributed by atoms with Crippen LogP contribution in [0.15, 0.2) is 0 Å². The molecule has 0 amide bonds. The fourth-order valence-electron chi connectivity index (χ4n) is 1.84. The van der Waals surface area contributed by atoms with E-state index in [-0.39, 0.29) is 12.1 Å². The van der Waals surface area contributed by atoms with Crippen LogP contribution in [0.2, 0.25) is 0 Å². The molecule has 16 heavy (non-hydrogen) atoms. The van der Waals surface area contributed by atoms with E-state index >= 15 is 0 Å². The van der Waals surface area contributed by atoms with Crippen LogP contribution in [0.25, 0.3) is 0 Å². The van der Waals surface area contributed by atoms with Crippen molar-refractivity contribution in [3.8, 4) is 0 Å². The highest BCUT2D eigenvalue weighted by Gasteiger charge is 2.24. The molecule has 0 aromatic carbocycles. The lowest BCUT2D eigenvalue weighted by molar-refractivity contribution is 0.148. The molecule has 0 aromatic heterocycles. The van der Waals surface area contributed by atoms with E-state index in [1.807, 2.05) is 11.8 Å². The highest BCUT2D eigenvalue weighted by molar-refractivity contribution is 7.99. The van der Waals surface area contributed by atoms with Gasteiger partial charge in [-0.1, -0.05) is 27.7 Å². The number of hydrogen-bond acceptors (Lipinski definition) is 3. The fourth-order valence-corrected chi connectivity index (χ4v) is 2.83. The summed E-state index contributed by atoms with van der Waals surface area (Å²) in [6, 6.07) is 0. The van der Waals surface area contributed by atoms with Gasteiger partial charge in [-0.3, -0.25) is 0 Å². The van der Waals surface area contributed by atoms with Crippen molar-refractivity contribution >= 4 is 11.8 Å². The Balaban J connectivity index is 3.75. The normalized spacial score (nSPS) is 15.4. The van der Waals surface area contributed by atoms with Crippen molar-refractivity contribution < 1.29 is 5.11 Å². The molecule has 2 nitrogen and oxygen atoms in total. The minimum absolute atomic E-state index is 0.0346. The van der Waals surface area contributed by atoms with Gasteiger partial charge in [-0.05, 0) is 43.2 Å². The molecule has 1 atom stereocenters. The van der Waals surface area contributed by atoms with E-state index in [0.29, 0.717) is 0 Å². The SMILES string of the molecule is CCNC(CC)(CO)CCCSCC(C)C. The highest BCUT2D eigenvalue weighted by Crippen LogP contribution is 2.19. The summed E-state index contributed by atoms with van der Waals surface area (Å²) in [7, 11) is 0. The molecule has 3 heteroatoms. The van der Waals surface area contributed by atoms with Crippen LogP contribution < -0.4 is 5.32 Å². The molecule has 1 unspecified atom stereocenters. The third kappa shape index (κ3) is 6.77. The Labute approximate surface area is 106 Å². The van der Waals surface area contributed by atoms with E-state index in [2.05, 4.69) is 33.0 Å². The second kappa shape index (κ2) is 9.32. The van der Waals surface area contributed by atoms with Crippen molar-refractivity contribution in [1.82, 2.24) is 5.32 Å². The Hall–Kier alpha value is 0.270. The number of aliphatic hydroxyl groups excluding tert-OH is 1. The number of hydrogen-bond donors (Lipinski definition) is 2. The first-order chi connectivity index (χ1) is 7.60. The average molecular weight is 247 g/mol. The fraction of sp³-hybridized carbons (Fsp3) is 1.00. The van der Waals surface area contributed by atoms with Gasteiger partial charge in [-0.15, -0.1) is 0 Å². The van der Waals surface area contributed by atoms with Crippen LogP contribution in [0.3, 0.4) is 0 Å². The smallest absolute Gasteiger partial charge is 0.0613 e. The zero-order valence-electron chi connectivity index (χ0n) is 11.4. The lowest BCUT2D eigenvalue weighted by Crippen LogP contribution is -2.48. The Morgan fingerprint density at radius 3 is 2.44 bits per heavy atom. The molecule has 0 bridgehead atoms. The lowest BCUT2D eigenvalue weighted by Gasteiger charge is -2.31. The maximum absolute atomic E-state index is 9.48. The summed E-state index contributed by atoms with van der Waals surface area (Å²) in [6.07, 6.45) is 3.28. The summed E-state index contributed by atoms with van der Waals surface area (Å²) in [4.78, 5) is 0. The molecule has 0 saturated carbocycles. The van der Waals surface area contributed by atoms with Crippen molar-refractivity contribution in [1.29, 1.82) is 0 Å². The zero-order chi connectivity index (χ0) is 12.4. The summed E-state index contributed by atoms with van der Waals surface area (Å²) < 4.78 is 0. The molecule has 0 radical (unpaired) electrons. The summed E-state index contributed by atoms with van der Waals surface area (Å²) in [5.41, 5.74) is -0.0346. The van der Waals surface area contributed by atoms with Crippen molar-refractivity contribution in [2.24, 2.45) is 5.92 Å². The molecule has 0 saturated heterocycles. The predicted octanol–water partition coefficient (Wildman–Crippen LogP) is 2.91. The van der Waals surface area contributed by atoms with Gasteiger partial charge < -0.3 is 10.4 Å². The van der Waals surface area contributed by atoms with E-state index in [1.165, 1.54) is 17.9 Å². The Morgan fingerprint density at radius 1 is 1.31 bits per heavy atom. The molecule has 0 spiro atoms. The van der Waals surface area contributed by atoms with Crippen molar-refractivity contribution in [2.75, 3.05) is 24.7 Å². The third-order valence-corrected chi connectivity index (χ3v) is 4.41. The van der Waals surface area contributed by atoms with Crippen molar-refractivity contribution in [3.63, 3.8) is 0 Å². The van der Waals surface area contributed by atoms with E-state index in [1.54, 1.807) is 0 Å². The molecular formula is C13H29NOS. The number of thioether (sulfide) groups is 1. The van der Waals surface area contributed by atoms with Gasteiger partial charge in [0.15, 0.2) is 0 Å². The van der Waals surface area contributed by atoms with Crippen molar-refractivity contribution in [3.05, 3.63) is 0 Å². The van der Waals surface area contributed by atoms with Gasteiger partial charge in [0.25, 0.3) is 0 Å². The predicted molar refractivity (Wildman–Crippen MR) is 75.2 cm³/mol. The maximum atomic E-state index is 9.48. The molecule has 0 aliphatic heterocycles. The van der Waals surface area contributed by atoms with Crippen LogP contribution in [-0.2, 0) is 0 Å². The minimum Gasteiger partial charge on any atom is -0.394 e. The first-order valence-electron chi connectivity index (χ1n) is 6.53. The molecule has 0 aliphatic carbocycles. The van der Waals surface area contributed by atoms with Crippen LogP contribution in [0, 0.1) is 5.92 Å². The number of nitrogens with one attached hydrogen (secondary N) is 1. The summed E-state index contributed by atoms with van der Waals surface area (Å²) in [5.74, 6) is 3.25. The Bertz CT molecular complexity index is 158. The first kappa shape index (κ1) is 16.3. The molecule has 0 rings (SSSR count). The van der Waals surface area contributed by atoms with Crippen LogP contribution >= 0.6 is 11.8 Å². The quantitative estimate of drug-likeness (QED) is 0.582. The molecule has 0 aliphatic rings. The molecular weight excluding hydrogens is 218 g/mol. The summed E-state index contributed by atoms with van der Waals surface area (Å²) in [6.45, 7) is 9.97. The van der Waals surface area contributed by atoms with Gasteiger partial charge >= 0.3 is 0 Å². The van der Waals surface area contributed by atoms with Gasteiger partial charge in [-0.25, -0.2) is 0 Å². The van der Waals surface area contributed by atoms with Crippen LogP contribution in [-0.4, -0.2) is 35.3 Å². The minimum atomic E-state index is -0.0346. The van der Waals surface area contributed by atoms with Gasteiger partial charge in [0.1, 0.15) is 0 Å². The van der Waals surface area contributed by atoms with E-state index in [4.69, 9.17) is 0 Å². The third-order valence-electron chi connectivity index (χ3n) is 2.93. The Morgan fingerprint density at radius 2 is 2.00 bits per heavy atom.